The molecule has 1 aromatic rings. The molecule has 11 heavy (non-hydrogen) atoms. The average molecular weight is 154 g/mol. The standard InChI is InChI=1S/C8H14N2O/c1-5(2)7-6(3)8(11)10(4)9-7/h5,9H,1-4H3. The Kier molecular flexibility index (Phi) is 1.89. The molecule has 0 radical (unpaired) electrons. The van der Waals surface area contributed by atoms with Crippen LogP contribution in [0.4, 0.5) is 0 Å². The Balaban J connectivity index is 3.30. The number of aromatic amines is 1. The van der Waals surface area contributed by atoms with Gasteiger partial charge in [0.15, 0.2) is 0 Å². The lowest BCUT2D eigenvalue weighted by Gasteiger charge is -2.00. The highest BCUT2D eigenvalue weighted by atomic mass is 16.1. The molecule has 1 N–H and O–H groups in total. The maximum absolute atomic E-state index is 11.2. The van der Waals surface area contributed by atoms with Gasteiger partial charge < -0.3 is 0 Å². The molecule has 0 aliphatic heterocycles. The van der Waals surface area contributed by atoms with Gasteiger partial charge in [-0.05, 0) is 12.8 Å². The number of hydrogen-bond acceptors (Lipinski definition) is 1. The molecule has 0 fully saturated rings. The maximum Gasteiger partial charge on any atom is 0.269 e. The van der Waals surface area contributed by atoms with Crippen LogP contribution in [0.5, 0.6) is 0 Å². The first-order chi connectivity index (χ1) is 5.04. The second-order valence-electron chi connectivity index (χ2n) is 3.17. The van der Waals surface area contributed by atoms with Gasteiger partial charge in [0.25, 0.3) is 5.56 Å². The Morgan fingerprint density at radius 3 is 2.18 bits per heavy atom. The van der Waals surface area contributed by atoms with Crippen molar-refractivity contribution in [2.45, 2.75) is 26.7 Å². The van der Waals surface area contributed by atoms with Crippen LogP contribution in [0.3, 0.4) is 0 Å². The fourth-order valence-corrected chi connectivity index (χ4v) is 1.24. The number of H-pyrrole nitrogens is 1. The van der Waals surface area contributed by atoms with Crippen LogP contribution in [0, 0.1) is 6.92 Å². The summed E-state index contributed by atoms with van der Waals surface area (Å²) in [4.78, 5) is 11.2. The molecule has 0 aliphatic rings. The van der Waals surface area contributed by atoms with Crippen molar-refractivity contribution in [1.82, 2.24) is 9.78 Å². The van der Waals surface area contributed by atoms with Crippen molar-refractivity contribution in [1.29, 1.82) is 0 Å². The number of nitrogens with zero attached hydrogens (tertiary/aromatic N) is 1. The summed E-state index contributed by atoms with van der Waals surface area (Å²) in [5, 5.41) is 3.02. The van der Waals surface area contributed by atoms with E-state index in [1.165, 1.54) is 4.68 Å². The molecular formula is C8H14N2O. The minimum absolute atomic E-state index is 0.0775. The van der Waals surface area contributed by atoms with Crippen molar-refractivity contribution in [2.75, 3.05) is 0 Å². The maximum atomic E-state index is 11.2. The number of hydrogen-bond donors (Lipinski definition) is 1. The van der Waals surface area contributed by atoms with Crippen LogP contribution in [0.1, 0.15) is 31.0 Å². The minimum atomic E-state index is 0.0775. The first-order valence-electron chi connectivity index (χ1n) is 3.79. The molecule has 0 saturated heterocycles. The van der Waals surface area contributed by atoms with E-state index in [1.807, 2.05) is 6.92 Å². The van der Waals surface area contributed by atoms with Gasteiger partial charge in [-0.3, -0.25) is 14.6 Å². The van der Waals surface area contributed by atoms with Gasteiger partial charge in [-0.15, -0.1) is 0 Å². The lowest BCUT2D eigenvalue weighted by atomic mass is 10.1. The van der Waals surface area contributed by atoms with Gasteiger partial charge in [-0.25, -0.2) is 0 Å². The van der Waals surface area contributed by atoms with Crippen molar-refractivity contribution in [3.8, 4) is 0 Å². The zero-order chi connectivity index (χ0) is 8.59. The minimum Gasteiger partial charge on any atom is -0.299 e. The van der Waals surface area contributed by atoms with E-state index in [0.717, 1.165) is 11.3 Å². The van der Waals surface area contributed by atoms with E-state index in [0.29, 0.717) is 5.92 Å². The summed E-state index contributed by atoms with van der Waals surface area (Å²) in [5.41, 5.74) is 1.95. The van der Waals surface area contributed by atoms with E-state index in [1.54, 1.807) is 7.05 Å². The third kappa shape index (κ3) is 1.23. The lowest BCUT2D eigenvalue weighted by Crippen LogP contribution is -2.12. The van der Waals surface area contributed by atoms with Crippen LogP contribution in [-0.4, -0.2) is 9.78 Å². The third-order valence-electron chi connectivity index (χ3n) is 1.89. The Morgan fingerprint density at radius 1 is 1.45 bits per heavy atom. The monoisotopic (exact) mass is 154 g/mol. The highest BCUT2D eigenvalue weighted by Crippen LogP contribution is 2.12. The first-order valence-corrected chi connectivity index (χ1v) is 3.79. The van der Waals surface area contributed by atoms with Crippen LogP contribution in [0.2, 0.25) is 0 Å². The SMILES string of the molecule is Cc1c(C(C)C)[nH]n(C)c1=O. The van der Waals surface area contributed by atoms with Crippen LogP contribution >= 0.6 is 0 Å². The van der Waals surface area contributed by atoms with Gasteiger partial charge >= 0.3 is 0 Å². The summed E-state index contributed by atoms with van der Waals surface area (Å²) in [6.07, 6.45) is 0. The number of rotatable bonds is 1. The fraction of sp³-hybridized carbons (Fsp3) is 0.625. The summed E-state index contributed by atoms with van der Waals surface area (Å²) in [7, 11) is 1.74. The largest absolute Gasteiger partial charge is 0.299 e. The number of nitrogens with one attached hydrogen (secondary N) is 1. The van der Waals surface area contributed by atoms with Crippen molar-refractivity contribution in [3.05, 3.63) is 21.6 Å². The van der Waals surface area contributed by atoms with Gasteiger partial charge in [0, 0.05) is 18.3 Å². The third-order valence-corrected chi connectivity index (χ3v) is 1.89. The van der Waals surface area contributed by atoms with Crippen LogP contribution in [-0.2, 0) is 7.05 Å². The molecule has 3 nitrogen and oxygen atoms in total. The quantitative estimate of drug-likeness (QED) is 0.647. The number of aryl methyl sites for hydroxylation is 1. The summed E-state index contributed by atoms with van der Waals surface area (Å²) < 4.78 is 1.52. The predicted octanol–water partition coefficient (Wildman–Crippen LogP) is 1.15. The van der Waals surface area contributed by atoms with E-state index in [-0.39, 0.29) is 5.56 Å². The van der Waals surface area contributed by atoms with Crippen LogP contribution in [0.15, 0.2) is 4.79 Å². The van der Waals surface area contributed by atoms with Crippen molar-refractivity contribution < 1.29 is 0 Å². The fourth-order valence-electron chi connectivity index (χ4n) is 1.24. The average Bonchev–Trinajstić information content (AvgIpc) is 2.17. The molecule has 1 aromatic heterocycles. The Morgan fingerprint density at radius 2 is 2.00 bits per heavy atom. The molecule has 62 valence electrons. The zero-order valence-corrected chi connectivity index (χ0v) is 7.43. The smallest absolute Gasteiger partial charge is 0.269 e. The van der Waals surface area contributed by atoms with Gasteiger partial charge in [-0.2, -0.15) is 0 Å². The molecule has 0 spiro atoms. The Hall–Kier alpha value is -0.990. The zero-order valence-electron chi connectivity index (χ0n) is 7.43. The Bertz CT molecular complexity index is 306. The lowest BCUT2D eigenvalue weighted by molar-refractivity contribution is 0.697. The van der Waals surface area contributed by atoms with Gasteiger partial charge in [0.2, 0.25) is 0 Å². The molecule has 0 saturated carbocycles. The van der Waals surface area contributed by atoms with E-state index >= 15 is 0 Å². The van der Waals surface area contributed by atoms with Crippen molar-refractivity contribution in [3.63, 3.8) is 0 Å². The molecular weight excluding hydrogens is 140 g/mol. The Labute approximate surface area is 66.0 Å². The van der Waals surface area contributed by atoms with Crippen LogP contribution < -0.4 is 5.56 Å². The second-order valence-corrected chi connectivity index (χ2v) is 3.17. The highest BCUT2D eigenvalue weighted by Gasteiger charge is 2.09. The van der Waals surface area contributed by atoms with Gasteiger partial charge in [0.1, 0.15) is 0 Å². The topological polar surface area (TPSA) is 37.8 Å². The normalized spacial score (nSPS) is 11.0. The molecule has 0 bridgehead atoms. The van der Waals surface area contributed by atoms with E-state index in [9.17, 15) is 4.79 Å². The highest BCUT2D eigenvalue weighted by molar-refractivity contribution is 5.17. The molecule has 0 atom stereocenters. The molecule has 0 amide bonds. The van der Waals surface area contributed by atoms with Crippen molar-refractivity contribution in [2.24, 2.45) is 7.05 Å². The van der Waals surface area contributed by atoms with Gasteiger partial charge in [0.05, 0.1) is 0 Å². The number of aromatic nitrogens is 2. The summed E-state index contributed by atoms with van der Waals surface area (Å²) in [6.45, 7) is 5.99. The molecule has 1 rings (SSSR count). The molecule has 1 heterocycles. The molecule has 0 aliphatic carbocycles. The summed E-state index contributed by atoms with van der Waals surface area (Å²) >= 11 is 0. The van der Waals surface area contributed by atoms with E-state index in [4.69, 9.17) is 0 Å². The summed E-state index contributed by atoms with van der Waals surface area (Å²) in [6, 6.07) is 0. The van der Waals surface area contributed by atoms with E-state index in [2.05, 4.69) is 18.9 Å². The predicted molar refractivity (Wildman–Crippen MR) is 44.9 cm³/mol. The summed E-state index contributed by atoms with van der Waals surface area (Å²) in [5.74, 6) is 0.392. The molecule has 0 unspecified atom stereocenters. The molecule has 0 aromatic carbocycles. The van der Waals surface area contributed by atoms with Crippen LogP contribution in [0.25, 0.3) is 0 Å². The second kappa shape index (κ2) is 2.57. The van der Waals surface area contributed by atoms with E-state index < -0.39 is 0 Å². The first kappa shape index (κ1) is 8.11. The van der Waals surface area contributed by atoms with Crippen molar-refractivity contribution >= 4 is 0 Å². The van der Waals surface area contributed by atoms with Gasteiger partial charge in [-0.1, -0.05) is 13.8 Å². The molecule has 3 heteroatoms.